The van der Waals surface area contributed by atoms with E-state index in [-0.39, 0.29) is 0 Å². The van der Waals surface area contributed by atoms with Crippen LogP contribution in [-0.4, -0.2) is 25.4 Å². The van der Waals surface area contributed by atoms with Crippen LogP contribution in [-0.2, 0) is 15.5 Å². The Labute approximate surface area is 113 Å². The fourth-order valence-corrected chi connectivity index (χ4v) is 3.10. The molecule has 0 spiro atoms. The van der Waals surface area contributed by atoms with E-state index < -0.39 is 22.8 Å². The van der Waals surface area contributed by atoms with E-state index in [1.54, 1.807) is 18.2 Å². The minimum atomic E-state index is -4.94. The first-order valence-electron chi connectivity index (χ1n) is 4.58. The number of carbonyl (C=O) groups is 1. The highest BCUT2D eigenvalue weighted by atomic mass is 79.9. The summed E-state index contributed by atoms with van der Waals surface area (Å²) in [5.74, 6) is -1.59. The summed E-state index contributed by atoms with van der Waals surface area (Å²) >= 11 is 3.20. The number of ether oxygens (including phenoxy) is 1. The highest BCUT2D eigenvalue weighted by molar-refractivity contribution is 9.10. The average Bonchev–Trinajstić information content (AvgIpc) is 2.28. The number of hydrogen-bond donors (Lipinski definition) is 0. The molecule has 0 aliphatic carbocycles. The van der Waals surface area contributed by atoms with Crippen molar-refractivity contribution in [2.75, 3.05) is 13.4 Å². The lowest BCUT2D eigenvalue weighted by Gasteiger charge is -2.08. The van der Waals surface area contributed by atoms with Crippen molar-refractivity contribution in [3.63, 3.8) is 0 Å². The number of amides is 1. The normalized spacial score (nSPS) is 13.4. The molecule has 0 N–H and O–H groups in total. The molecule has 1 rings (SSSR count). The summed E-state index contributed by atoms with van der Waals surface area (Å²) in [6, 6.07) is 4.82. The van der Waals surface area contributed by atoms with E-state index in [4.69, 9.17) is 4.74 Å². The largest absolute Gasteiger partial charge is 0.497 e. The SMILES string of the molecule is COc1ccc(Br)c(S(C)=NC(=O)C(F)(F)F)c1. The number of rotatable bonds is 2. The van der Waals surface area contributed by atoms with E-state index >= 15 is 0 Å². The third-order valence-electron chi connectivity index (χ3n) is 1.92. The first-order chi connectivity index (χ1) is 8.25. The maximum Gasteiger partial charge on any atom is 0.474 e. The first kappa shape index (κ1) is 15.2. The Morgan fingerprint density at radius 1 is 1.44 bits per heavy atom. The second-order valence-electron chi connectivity index (χ2n) is 3.17. The smallest absolute Gasteiger partial charge is 0.474 e. The molecule has 1 amide bonds. The highest BCUT2D eigenvalue weighted by Gasteiger charge is 2.38. The summed E-state index contributed by atoms with van der Waals surface area (Å²) in [7, 11) is 0.238. The van der Waals surface area contributed by atoms with Gasteiger partial charge in [0.1, 0.15) is 5.75 Å². The Morgan fingerprint density at radius 3 is 2.56 bits per heavy atom. The average molecular weight is 344 g/mol. The number of hydrogen-bond acceptors (Lipinski definition) is 2. The van der Waals surface area contributed by atoms with Crippen LogP contribution in [0.3, 0.4) is 0 Å². The topological polar surface area (TPSA) is 38.7 Å². The van der Waals surface area contributed by atoms with Crippen LogP contribution in [0.2, 0.25) is 0 Å². The molecule has 0 aromatic heterocycles. The van der Waals surface area contributed by atoms with Gasteiger partial charge in [-0.3, -0.25) is 4.79 Å². The van der Waals surface area contributed by atoms with Crippen molar-refractivity contribution in [2.45, 2.75) is 11.1 Å². The molecule has 0 radical (unpaired) electrons. The molecule has 0 bridgehead atoms. The van der Waals surface area contributed by atoms with E-state index in [1.165, 1.54) is 13.4 Å². The van der Waals surface area contributed by atoms with Gasteiger partial charge in [0, 0.05) is 9.37 Å². The van der Waals surface area contributed by atoms with Crippen LogP contribution in [0.4, 0.5) is 13.2 Å². The zero-order chi connectivity index (χ0) is 13.9. The minimum absolute atomic E-state index is 0.479. The molecule has 3 nitrogen and oxygen atoms in total. The van der Waals surface area contributed by atoms with Crippen LogP contribution in [0, 0.1) is 0 Å². The van der Waals surface area contributed by atoms with Gasteiger partial charge in [-0.05, 0) is 40.4 Å². The highest BCUT2D eigenvalue weighted by Crippen LogP contribution is 2.26. The molecular formula is C10H9BrF3NO2S. The molecule has 8 heteroatoms. The molecule has 1 atom stereocenters. The Balaban J connectivity index is 3.14. The molecular weight excluding hydrogens is 335 g/mol. The van der Waals surface area contributed by atoms with Gasteiger partial charge in [0.05, 0.1) is 7.11 Å². The molecule has 1 aromatic carbocycles. The number of methoxy groups -OCH3 is 1. The third kappa shape index (κ3) is 3.81. The van der Waals surface area contributed by atoms with Crippen molar-refractivity contribution >= 4 is 32.5 Å². The van der Waals surface area contributed by atoms with Gasteiger partial charge < -0.3 is 4.74 Å². The maximum atomic E-state index is 12.1. The summed E-state index contributed by atoms with van der Waals surface area (Å²) in [6.45, 7) is 0. The molecule has 0 saturated heterocycles. The molecule has 0 heterocycles. The van der Waals surface area contributed by atoms with Crippen molar-refractivity contribution < 1.29 is 22.7 Å². The van der Waals surface area contributed by atoms with Crippen LogP contribution in [0.5, 0.6) is 5.75 Å². The second kappa shape index (κ2) is 5.83. The van der Waals surface area contributed by atoms with Crippen LogP contribution in [0.1, 0.15) is 0 Å². The van der Waals surface area contributed by atoms with Crippen LogP contribution in [0.25, 0.3) is 0 Å². The van der Waals surface area contributed by atoms with Gasteiger partial charge in [-0.2, -0.15) is 17.5 Å². The Kier molecular flexibility index (Phi) is 4.92. The van der Waals surface area contributed by atoms with E-state index in [0.717, 1.165) is 0 Å². The predicted octanol–water partition coefficient (Wildman–Crippen LogP) is 3.34. The van der Waals surface area contributed by atoms with Crippen molar-refractivity contribution in [1.29, 1.82) is 0 Å². The molecule has 1 aromatic rings. The molecule has 0 fully saturated rings. The summed E-state index contributed by atoms with van der Waals surface area (Å²) in [4.78, 5) is 11.3. The van der Waals surface area contributed by atoms with Crippen LogP contribution >= 0.6 is 15.9 Å². The van der Waals surface area contributed by atoms with Gasteiger partial charge in [-0.25, -0.2) is 0 Å². The van der Waals surface area contributed by atoms with Gasteiger partial charge in [-0.15, -0.1) is 0 Å². The molecule has 18 heavy (non-hydrogen) atoms. The monoisotopic (exact) mass is 343 g/mol. The van der Waals surface area contributed by atoms with E-state index in [2.05, 4.69) is 20.3 Å². The third-order valence-corrected chi connectivity index (χ3v) is 4.29. The summed E-state index contributed by atoms with van der Waals surface area (Å²) < 4.78 is 45.0. The fourth-order valence-electron chi connectivity index (χ4n) is 1.06. The summed E-state index contributed by atoms with van der Waals surface area (Å²) in [6.07, 6.45) is -3.50. The number of benzene rings is 1. The minimum Gasteiger partial charge on any atom is -0.497 e. The Morgan fingerprint density at radius 2 is 2.06 bits per heavy atom. The number of halogens is 4. The molecule has 0 saturated carbocycles. The zero-order valence-electron chi connectivity index (χ0n) is 9.42. The van der Waals surface area contributed by atoms with Gasteiger partial charge in [-0.1, -0.05) is 10.7 Å². The lowest BCUT2D eigenvalue weighted by molar-refractivity contribution is -0.169. The van der Waals surface area contributed by atoms with Crippen molar-refractivity contribution in [1.82, 2.24) is 0 Å². The first-order valence-corrected chi connectivity index (χ1v) is 6.96. The van der Waals surface area contributed by atoms with Crippen LogP contribution in [0.15, 0.2) is 31.9 Å². The van der Waals surface area contributed by atoms with E-state index in [9.17, 15) is 18.0 Å². The number of nitrogens with zero attached hydrogens (tertiary/aromatic N) is 1. The number of alkyl halides is 3. The van der Waals surface area contributed by atoms with Crippen LogP contribution < -0.4 is 4.74 Å². The fraction of sp³-hybridized carbons (Fsp3) is 0.300. The van der Waals surface area contributed by atoms with E-state index in [1.807, 2.05) is 0 Å². The zero-order valence-corrected chi connectivity index (χ0v) is 11.8. The van der Waals surface area contributed by atoms with Gasteiger partial charge in [0.15, 0.2) is 0 Å². The summed E-state index contributed by atoms with van der Waals surface area (Å²) in [5, 5.41) is 0. The van der Waals surface area contributed by atoms with Gasteiger partial charge in [0.25, 0.3) is 0 Å². The summed E-state index contributed by atoms with van der Waals surface area (Å²) in [5.41, 5.74) is 0. The lowest BCUT2D eigenvalue weighted by atomic mass is 10.3. The quantitative estimate of drug-likeness (QED) is 0.826. The lowest BCUT2D eigenvalue weighted by Crippen LogP contribution is -2.20. The van der Waals surface area contributed by atoms with E-state index in [0.29, 0.717) is 15.1 Å². The van der Waals surface area contributed by atoms with Gasteiger partial charge >= 0.3 is 12.1 Å². The Hall–Kier alpha value is -0.890. The van der Waals surface area contributed by atoms with Crippen molar-refractivity contribution in [2.24, 2.45) is 4.36 Å². The van der Waals surface area contributed by atoms with Crippen molar-refractivity contribution in [3.8, 4) is 5.75 Å². The Bertz CT molecular complexity index is 502. The molecule has 0 aliphatic rings. The van der Waals surface area contributed by atoms with Crippen molar-refractivity contribution in [3.05, 3.63) is 22.7 Å². The standard InChI is InChI=1S/C10H9BrF3NO2S/c1-17-6-3-4-7(11)8(5-6)18(2)15-9(16)10(12,13)14/h3-5H,1-2H3. The second-order valence-corrected chi connectivity index (χ2v) is 5.60. The molecule has 0 aliphatic heterocycles. The predicted molar refractivity (Wildman–Crippen MR) is 65.7 cm³/mol. The number of carbonyl (C=O) groups excluding carboxylic acids is 1. The maximum absolute atomic E-state index is 12.1. The van der Waals surface area contributed by atoms with Gasteiger partial charge in [0.2, 0.25) is 0 Å². The molecule has 100 valence electrons. The molecule has 1 unspecified atom stereocenters.